The number of esters is 2. The van der Waals surface area contributed by atoms with Crippen molar-refractivity contribution < 1.29 is 27.8 Å². The third kappa shape index (κ3) is 6.96. The van der Waals surface area contributed by atoms with Crippen molar-refractivity contribution in [2.24, 2.45) is 0 Å². The van der Waals surface area contributed by atoms with E-state index in [1.165, 1.54) is 24.3 Å². The first-order chi connectivity index (χ1) is 17.1. The molecule has 0 radical (unpaired) electrons. The van der Waals surface area contributed by atoms with Gasteiger partial charge in [-0.05, 0) is 49.2 Å². The molecule has 4 nitrogen and oxygen atoms in total. The highest BCUT2D eigenvalue weighted by Crippen LogP contribution is 2.23. The Labute approximate surface area is 208 Å². The van der Waals surface area contributed by atoms with E-state index < -0.39 is 23.6 Å². The molecule has 3 rings (SSSR count). The summed E-state index contributed by atoms with van der Waals surface area (Å²) in [6.45, 7) is 10.2. The van der Waals surface area contributed by atoms with Gasteiger partial charge in [0.25, 0.3) is 0 Å². The molecule has 0 saturated carbocycles. The molecular weight excluding hydrogens is 462 g/mol. The van der Waals surface area contributed by atoms with Crippen LogP contribution in [0.4, 0.5) is 8.78 Å². The second-order valence-electron chi connectivity index (χ2n) is 8.02. The number of benzene rings is 3. The Balaban J connectivity index is 1.75. The predicted molar refractivity (Wildman–Crippen MR) is 138 cm³/mol. The molecule has 36 heavy (non-hydrogen) atoms. The van der Waals surface area contributed by atoms with Crippen LogP contribution in [-0.2, 0) is 9.59 Å². The molecule has 0 heterocycles. The molecule has 0 aromatic heterocycles. The Bertz CT molecular complexity index is 1290. The summed E-state index contributed by atoms with van der Waals surface area (Å²) in [5.41, 5.74) is 1.92. The zero-order valence-corrected chi connectivity index (χ0v) is 19.9. The van der Waals surface area contributed by atoms with Gasteiger partial charge in [-0.1, -0.05) is 73.9 Å². The summed E-state index contributed by atoms with van der Waals surface area (Å²) in [4.78, 5) is 23.4. The van der Waals surface area contributed by atoms with Crippen molar-refractivity contribution in [2.45, 2.75) is 13.8 Å². The minimum absolute atomic E-state index is 0.0580. The van der Waals surface area contributed by atoms with E-state index in [0.717, 1.165) is 0 Å². The van der Waals surface area contributed by atoms with Crippen molar-refractivity contribution >= 4 is 36.2 Å². The van der Waals surface area contributed by atoms with Crippen LogP contribution in [0.25, 0.3) is 24.3 Å². The van der Waals surface area contributed by atoms with Gasteiger partial charge in [0, 0.05) is 22.3 Å². The van der Waals surface area contributed by atoms with Gasteiger partial charge < -0.3 is 9.47 Å². The molecule has 0 N–H and O–H groups in total. The van der Waals surface area contributed by atoms with E-state index in [0.29, 0.717) is 22.6 Å². The van der Waals surface area contributed by atoms with Crippen molar-refractivity contribution in [2.75, 3.05) is 0 Å². The maximum Gasteiger partial charge on any atom is 0.338 e. The van der Waals surface area contributed by atoms with Gasteiger partial charge in [0.2, 0.25) is 0 Å². The smallest absolute Gasteiger partial charge is 0.338 e. The molecule has 0 fully saturated rings. The van der Waals surface area contributed by atoms with Gasteiger partial charge in [-0.25, -0.2) is 18.4 Å². The van der Waals surface area contributed by atoms with Crippen molar-refractivity contribution in [3.8, 4) is 11.5 Å². The monoisotopic (exact) mass is 486 g/mol. The molecule has 182 valence electrons. The molecule has 3 aromatic carbocycles. The summed E-state index contributed by atoms with van der Waals surface area (Å²) in [6.07, 6.45) is 6.04. The maximum atomic E-state index is 14.7. The summed E-state index contributed by atoms with van der Waals surface area (Å²) < 4.78 is 39.8. The van der Waals surface area contributed by atoms with E-state index in [4.69, 9.17) is 9.47 Å². The highest BCUT2D eigenvalue weighted by atomic mass is 19.2. The standard InChI is InChI=1S/C30H24F2O4/c1-19(2)29(33)35-25-9-5-7-21(17-25)11-13-23-15-16-24(28(32)27(23)31)14-12-22-8-6-10-26(18-22)36-30(34)20(3)4/h5-18H,1,3H2,2,4H3/b13-11+,14-12+. The average molecular weight is 487 g/mol. The lowest BCUT2D eigenvalue weighted by Crippen LogP contribution is -2.08. The number of hydrogen-bond donors (Lipinski definition) is 0. The lowest BCUT2D eigenvalue weighted by molar-refractivity contribution is -0.130. The van der Waals surface area contributed by atoms with Crippen LogP contribution in [0.5, 0.6) is 11.5 Å². The van der Waals surface area contributed by atoms with Gasteiger partial charge in [-0.3, -0.25) is 0 Å². The van der Waals surface area contributed by atoms with E-state index in [1.807, 2.05) is 0 Å². The molecule has 0 aliphatic rings. The highest BCUT2D eigenvalue weighted by Gasteiger charge is 2.11. The fourth-order valence-corrected chi connectivity index (χ4v) is 2.96. The van der Waals surface area contributed by atoms with Gasteiger partial charge in [0.15, 0.2) is 11.6 Å². The van der Waals surface area contributed by atoms with Gasteiger partial charge in [-0.15, -0.1) is 0 Å². The first kappa shape index (κ1) is 26.0. The Hall–Kier alpha value is -4.58. The summed E-state index contributed by atoms with van der Waals surface area (Å²) >= 11 is 0. The van der Waals surface area contributed by atoms with Gasteiger partial charge in [-0.2, -0.15) is 0 Å². The number of ether oxygens (including phenoxy) is 2. The van der Waals surface area contributed by atoms with E-state index in [1.54, 1.807) is 74.5 Å². The number of halogens is 2. The van der Waals surface area contributed by atoms with Crippen LogP contribution in [0.2, 0.25) is 0 Å². The van der Waals surface area contributed by atoms with Crippen LogP contribution in [0, 0.1) is 11.6 Å². The fourth-order valence-electron chi connectivity index (χ4n) is 2.96. The number of carbonyl (C=O) groups is 2. The molecule has 0 aliphatic carbocycles. The third-order valence-corrected chi connectivity index (χ3v) is 4.89. The molecule has 0 saturated heterocycles. The zero-order valence-electron chi connectivity index (χ0n) is 19.9. The Kier molecular flexibility index (Phi) is 8.47. The number of hydrogen-bond acceptors (Lipinski definition) is 4. The molecule has 0 spiro atoms. The number of rotatable bonds is 8. The van der Waals surface area contributed by atoms with Crippen LogP contribution >= 0.6 is 0 Å². The first-order valence-corrected chi connectivity index (χ1v) is 10.9. The second kappa shape index (κ2) is 11.7. The second-order valence-corrected chi connectivity index (χ2v) is 8.02. The average Bonchev–Trinajstić information content (AvgIpc) is 2.84. The van der Waals surface area contributed by atoms with Gasteiger partial charge >= 0.3 is 11.9 Å². The largest absolute Gasteiger partial charge is 0.423 e. The topological polar surface area (TPSA) is 52.6 Å². The Morgan fingerprint density at radius 2 is 1.06 bits per heavy atom. The minimum atomic E-state index is -0.998. The third-order valence-electron chi connectivity index (χ3n) is 4.89. The quantitative estimate of drug-likeness (QED) is 0.145. The Morgan fingerprint density at radius 1 is 0.667 bits per heavy atom. The van der Waals surface area contributed by atoms with E-state index in [9.17, 15) is 18.4 Å². The van der Waals surface area contributed by atoms with Crippen molar-refractivity contribution in [1.29, 1.82) is 0 Å². The SMILES string of the molecule is C=C(C)C(=O)Oc1cccc(/C=C/c2ccc(/C=C/c3cccc(OC(=O)C(=C)C)c3)c(F)c2F)c1. The molecule has 0 amide bonds. The molecule has 6 heteroatoms. The fraction of sp³-hybridized carbons (Fsp3) is 0.0667. The highest BCUT2D eigenvalue weighted by molar-refractivity contribution is 5.89. The van der Waals surface area contributed by atoms with E-state index in [2.05, 4.69) is 13.2 Å². The summed E-state index contributed by atoms with van der Waals surface area (Å²) in [5, 5.41) is 0. The molecular formula is C30H24F2O4. The van der Waals surface area contributed by atoms with Gasteiger partial charge in [0.05, 0.1) is 0 Å². The summed E-state index contributed by atoms with van der Waals surface area (Å²) in [5.74, 6) is -2.46. The zero-order chi connectivity index (χ0) is 26.2. The summed E-state index contributed by atoms with van der Waals surface area (Å²) in [6, 6.07) is 16.2. The van der Waals surface area contributed by atoms with Crippen LogP contribution < -0.4 is 9.47 Å². The molecule has 0 aliphatic heterocycles. The number of carbonyl (C=O) groups excluding carboxylic acids is 2. The lowest BCUT2D eigenvalue weighted by atomic mass is 10.1. The van der Waals surface area contributed by atoms with Crippen LogP contribution in [-0.4, -0.2) is 11.9 Å². The summed E-state index contributed by atoms with van der Waals surface area (Å²) in [7, 11) is 0. The predicted octanol–water partition coefficient (Wildman–Crippen LogP) is 7.27. The van der Waals surface area contributed by atoms with Crippen LogP contribution in [0.15, 0.2) is 85.0 Å². The van der Waals surface area contributed by atoms with Crippen LogP contribution in [0.3, 0.4) is 0 Å². The van der Waals surface area contributed by atoms with Crippen molar-refractivity contribution in [3.63, 3.8) is 0 Å². The van der Waals surface area contributed by atoms with E-state index in [-0.39, 0.29) is 22.3 Å². The Morgan fingerprint density at radius 3 is 1.42 bits per heavy atom. The molecule has 0 bridgehead atoms. The first-order valence-electron chi connectivity index (χ1n) is 10.9. The van der Waals surface area contributed by atoms with Gasteiger partial charge in [0.1, 0.15) is 11.5 Å². The molecule has 0 unspecified atom stereocenters. The minimum Gasteiger partial charge on any atom is -0.423 e. The maximum absolute atomic E-state index is 14.7. The lowest BCUT2D eigenvalue weighted by Gasteiger charge is -2.05. The van der Waals surface area contributed by atoms with Crippen molar-refractivity contribution in [3.05, 3.63) is 119 Å². The van der Waals surface area contributed by atoms with Crippen LogP contribution in [0.1, 0.15) is 36.1 Å². The molecule has 0 atom stereocenters. The van der Waals surface area contributed by atoms with Crippen molar-refractivity contribution in [1.82, 2.24) is 0 Å². The van der Waals surface area contributed by atoms with E-state index >= 15 is 0 Å². The molecule has 3 aromatic rings. The normalized spacial score (nSPS) is 11.0.